The Morgan fingerprint density at radius 2 is 1.19 bits per heavy atom. The zero-order valence-electron chi connectivity index (χ0n) is 11.3. The van der Waals surface area contributed by atoms with E-state index in [9.17, 15) is 0 Å². The second kappa shape index (κ2) is 14.9. The lowest BCUT2D eigenvalue weighted by molar-refractivity contribution is 0.555. The van der Waals surface area contributed by atoms with E-state index in [4.69, 9.17) is 0 Å². The second-order valence-electron chi connectivity index (χ2n) is 4.37. The Labute approximate surface area is 102 Å². The minimum atomic E-state index is 1.05. The van der Waals surface area contributed by atoms with E-state index < -0.39 is 0 Å². The van der Waals surface area contributed by atoms with E-state index in [-0.39, 0.29) is 0 Å². The summed E-state index contributed by atoms with van der Waals surface area (Å²) in [6, 6.07) is 0. The van der Waals surface area contributed by atoms with Gasteiger partial charge in [-0.05, 0) is 20.0 Å². The van der Waals surface area contributed by atoms with Crippen molar-refractivity contribution in [3.05, 3.63) is 0 Å². The number of nitrogens with one attached hydrogen (secondary N) is 3. The Balaban J connectivity index is 2.83. The van der Waals surface area contributed by atoms with E-state index in [2.05, 4.69) is 22.9 Å². The molecule has 3 N–H and O–H groups in total. The van der Waals surface area contributed by atoms with Gasteiger partial charge in [-0.3, -0.25) is 0 Å². The molecule has 0 rings (SSSR count). The first-order valence-electron chi connectivity index (χ1n) is 6.97. The number of unbranched alkanes of at least 4 members (excludes halogenated alkanes) is 5. The lowest BCUT2D eigenvalue weighted by Gasteiger charge is -2.06. The Morgan fingerprint density at radius 3 is 1.88 bits per heavy atom. The van der Waals surface area contributed by atoms with Crippen LogP contribution in [0, 0.1) is 0 Å². The maximum atomic E-state index is 3.47. The van der Waals surface area contributed by atoms with Crippen molar-refractivity contribution in [2.24, 2.45) is 0 Å². The van der Waals surface area contributed by atoms with Crippen LogP contribution in [0.4, 0.5) is 0 Å². The summed E-state index contributed by atoms with van der Waals surface area (Å²) in [5, 5.41) is 9.97. The SMILES string of the molecule is CCCCCCCCNCCNCCNC. The summed E-state index contributed by atoms with van der Waals surface area (Å²) in [6.45, 7) is 7.74. The summed E-state index contributed by atoms with van der Waals surface area (Å²) in [7, 11) is 1.98. The first kappa shape index (κ1) is 15.9. The third-order valence-corrected chi connectivity index (χ3v) is 2.74. The first-order valence-corrected chi connectivity index (χ1v) is 6.97. The number of hydrogen-bond donors (Lipinski definition) is 3. The molecule has 0 aromatic heterocycles. The van der Waals surface area contributed by atoms with Gasteiger partial charge in [-0.1, -0.05) is 39.0 Å². The van der Waals surface area contributed by atoms with Gasteiger partial charge in [-0.15, -0.1) is 0 Å². The molecule has 0 saturated heterocycles. The van der Waals surface area contributed by atoms with Gasteiger partial charge >= 0.3 is 0 Å². The fraction of sp³-hybridized carbons (Fsp3) is 1.00. The van der Waals surface area contributed by atoms with E-state index in [0.29, 0.717) is 0 Å². The third kappa shape index (κ3) is 13.9. The molecule has 0 fully saturated rings. The molecule has 0 aromatic carbocycles. The van der Waals surface area contributed by atoms with E-state index in [1.165, 1.54) is 45.1 Å². The van der Waals surface area contributed by atoms with Crippen molar-refractivity contribution in [1.29, 1.82) is 0 Å². The highest BCUT2D eigenvalue weighted by molar-refractivity contribution is 4.54. The molecule has 98 valence electrons. The quantitative estimate of drug-likeness (QED) is 0.421. The van der Waals surface area contributed by atoms with E-state index in [1.54, 1.807) is 0 Å². The maximum absolute atomic E-state index is 3.47. The normalized spacial score (nSPS) is 10.9. The minimum absolute atomic E-state index is 1.05. The van der Waals surface area contributed by atoms with Crippen LogP contribution >= 0.6 is 0 Å². The lowest BCUT2D eigenvalue weighted by atomic mass is 10.1. The molecule has 0 aromatic rings. The predicted octanol–water partition coefficient (Wildman–Crippen LogP) is 1.75. The van der Waals surface area contributed by atoms with Gasteiger partial charge in [-0.25, -0.2) is 0 Å². The molecule has 0 bridgehead atoms. The minimum Gasteiger partial charge on any atom is -0.318 e. The molecule has 0 atom stereocenters. The Hall–Kier alpha value is -0.120. The summed E-state index contributed by atoms with van der Waals surface area (Å²) < 4.78 is 0. The van der Waals surface area contributed by atoms with Crippen LogP contribution in [0.2, 0.25) is 0 Å². The number of rotatable bonds is 13. The van der Waals surface area contributed by atoms with Crippen LogP contribution < -0.4 is 16.0 Å². The highest BCUT2D eigenvalue weighted by atomic mass is 15.0. The standard InChI is InChI=1S/C13H31N3/c1-3-4-5-6-7-8-9-15-12-13-16-11-10-14-2/h14-16H,3-13H2,1-2H3. The largest absolute Gasteiger partial charge is 0.318 e. The smallest absolute Gasteiger partial charge is 0.00772 e. The molecule has 0 spiro atoms. The van der Waals surface area contributed by atoms with Gasteiger partial charge in [-0.2, -0.15) is 0 Å². The summed E-state index contributed by atoms with van der Waals surface area (Å²) in [4.78, 5) is 0. The first-order chi connectivity index (χ1) is 7.91. The van der Waals surface area contributed by atoms with Gasteiger partial charge in [0, 0.05) is 26.2 Å². The molecule has 3 nitrogen and oxygen atoms in total. The molecule has 0 amide bonds. The molecule has 0 heterocycles. The van der Waals surface area contributed by atoms with Crippen LogP contribution in [-0.2, 0) is 0 Å². The van der Waals surface area contributed by atoms with Gasteiger partial charge in [0.25, 0.3) is 0 Å². The van der Waals surface area contributed by atoms with Crippen molar-refractivity contribution in [1.82, 2.24) is 16.0 Å². The van der Waals surface area contributed by atoms with Crippen molar-refractivity contribution < 1.29 is 0 Å². The van der Waals surface area contributed by atoms with Crippen LogP contribution in [0.3, 0.4) is 0 Å². The molecule has 0 unspecified atom stereocenters. The molecule has 0 aliphatic rings. The molecule has 3 heteroatoms. The summed E-state index contributed by atoms with van der Waals surface area (Å²) in [6.07, 6.45) is 8.30. The Kier molecular flexibility index (Phi) is 14.8. The van der Waals surface area contributed by atoms with E-state index in [0.717, 1.165) is 26.2 Å². The highest BCUT2D eigenvalue weighted by Crippen LogP contribution is 2.03. The summed E-state index contributed by atoms with van der Waals surface area (Å²) in [5.74, 6) is 0. The van der Waals surface area contributed by atoms with Crippen LogP contribution in [0.1, 0.15) is 45.4 Å². The molecule has 0 aliphatic heterocycles. The molecule has 0 aliphatic carbocycles. The van der Waals surface area contributed by atoms with Crippen molar-refractivity contribution in [3.63, 3.8) is 0 Å². The molecule has 0 radical (unpaired) electrons. The lowest BCUT2D eigenvalue weighted by Crippen LogP contribution is -2.31. The zero-order valence-corrected chi connectivity index (χ0v) is 11.3. The fourth-order valence-corrected chi connectivity index (χ4v) is 1.67. The van der Waals surface area contributed by atoms with Gasteiger partial charge in [0.2, 0.25) is 0 Å². The second-order valence-corrected chi connectivity index (χ2v) is 4.37. The van der Waals surface area contributed by atoms with Gasteiger partial charge in [0.1, 0.15) is 0 Å². The van der Waals surface area contributed by atoms with Gasteiger partial charge in [0.05, 0.1) is 0 Å². The number of hydrogen-bond acceptors (Lipinski definition) is 3. The fourth-order valence-electron chi connectivity index (χ4n) is 1.67. The average molecular weight is 229 g/mol. The van der Waals surface area contributed by atoms with E-state index in [1.807, 2.05) is 7.05 Å². The van der Waals surface area contributed by atoms with Gasteiger partial charge < -0.3 is 16.0 Å². The summed E-state index contributed by atoms with van der Waals surface area (Å²) in [5.41, 5.74) is 0. The van der Waals surface area contributed by atoms with Crippen molar-refractivity contribution in [3.8, 4) is 0 Å². The number of likely N-dealkylation sites (N-methyl/N-ethyl adjacent to an activating group) is 1. The Bertz CT molecular complexity index is 104. The van der Waals surface area contributed by atoms with Gasteiger partial charge in [0.15, 0.2) is 0 Å². The van der Waals surface area contributed by atoms with Crippen molar-refractivity contribution in [2.45, 2.75) is 45.4 Å². The topological polar surface area (TPSA) is 36.1 Å². The molecule has 16 heavy (non-hydrogen) atoms. The average Bonchev–Trinajstić information content (AvgIpc) is 2.31. The van der Waals surface area contributed by atoms with Crippen molar-refractivity contribution in [2.75, 3.05) is 39.8 Å². The molecular weight excluding hydrogens is 198 g/mol. The Morgan fingerprint density at radius 1 is 0.625 bits per heavy atom. The van der Waals surface area contributed by atoms with Crippen molar-refractivity contribution >= 4 is 0 Å². The van der Waals surface area contributed by atoms with E-state index >= 15 is 0 Å². The third-order valence-electron chi connectivity index (χ3n) is 2.74. The maximum Gasteiger partial charge on any atom is 0.00772 e. The summed E-state index contributed by atoms with van der Waals surface area (Å²) >= 11 is 0. The van der Waals surface area contributed by atoms with Crippen LogP contribution in [0.5, 0.6) is 0 Å². The monoisotopic (exact) mass is 229 g/mol. The van der Waals surface area contributed by atoms with Crippen LogP contribution in [0.25, 0.3) is 0 Å². The molecular formula is C13H31N3. The highest BCUT2D eigenvalue weighted by Gasteiger charge is 1.90. The molecule has 0 saturated carbocycles. The van der Waals surface area contributed by atoms with Crippen LogP contribution in [0.15, 0.2) is 0 Å². The zero-order chi connectivity index (χ0) is 11.9. The predicted molar refractivity (Wildman–Crippen MR) is 73.0 cm³/mol. The van der Waals surface area contributed by atoms with Crippen LogP contribution in [-0.4, -0.2) is 39.8 Å².